The van der Waals surface area contributed by atoms with Gasteiger partial charge in [0.25, 0.3) is 11.5 Å². The summed E-state index contributed by atoms with van der Waals surface area (Å²) < 4.78 is 1.35. The topological polar surface area (TPSA) is 63.5 Å². The predicted octanol–water partition coefficient (Wildman–Crippen LogP) is 2.45. The van der Waals surface area contributed by atoms with Gasteiger partial charge in [0.2, 0.25) is 0 Å². The van der Waals surface area contributed by atoms with Crippen LogP contribution in [0.15, 0.2) is 52.5 Å². The lowest BCUT2D eigenvalue weighted by Crippen LogP contribution is -2.29. The lowest BCUT2D eigenvalue weighted by molar-refractivity contribution is 0.0953. The van der Waals surface area contributed by atoms with Gasteiger partial charge in [-0.2, -0.15) is 5.10 Å². The number of rotatable bonds is 3. The minimum Gasteiger partial charge on any atom is -0.318 e. The maximum absolute atomic E-state index is 12.0. The minimum atomic E-state index is -0.520. The van der Waals surface area contributed by atoms with Crippen LogP contribution in [-0.2, 0) is 12.5 Å². The minimum absolute atomic E-state index is 0.0650. The number of nitrogens with zero attached hydrogens (tertiary/aromatic N) is 2. The molecule has 1 aromatic carbocycles. The number of carbonyl (C=O) groups excluding carboxylic acids is 1. The zero-order valence-electron chi connectivity index (χ0n) is 13.8. The first-order valence-electron chi connectivity index (χ1n) is 7.38. The van der Waals surface area contributed by atoms with Gasteiger partial charge < -0.3 is 4.57 Å². The third-order valence-electron chi connectivity index (χ3n) is 3.52. The highest BCUT2D eigenvalue weighted by Crippen LogP contribution is 2.21. The first-order valence-corrected chi connectivity index (χ1v) is 7.38. The third-order valence-corrected chi connectivity index (χ3v) is 3.52. The van der Waals surface area contributed by atoms with Gasteiger partial charge in [-0.15, -0.1) is 0 Å². The van der Waals surface area contributed by atoms with Gasteiger partial charge in [0.15, 0.2) is 0 Å². The van der Waals surface area contributed by atoms with E-state index in [1.54, 1.807) is 25.5 Å². The maximum atomic E-state index is 12.0. The molecule has 0 spiro atoms. The van der Waals surface area contributed by atoms with Gasteiger partial charge in [0, 0.05) is 13.2 Å². The Morgan fingerprint density at radius 1 is 1.17 bits per heavy atom. The molecule has 0 aliphatic rings. The average Bonchev–Trinajstić information content (AvgIpc) is 2.49. The first-order chi connectivity index (χ1) is 10.8. The summed E-state index contributed by atoms with van der Waals surface area (Å²) in [7, 11) is 1.60. The summed E-state index contributed by atoms with van der Waals surface area (Å²) in [5.41, 5.74) is 4.29. The number of aryl methyl sites for hydroxylation is 1. The van der Waals surface area contributed by atoms with Crippen molar-refractivity contribution in [3.05, 3.63) is 69.6 Å². The highest BCUT2D eigenvalue weighted by atomic mass is 16.2. The second-order valence-corrected chi connectivity index (χ2v) is 6.41. The predicted molar refractivity (Wildman–Crippen MR) is 91.9 cm³/mol. The number of amides is 1. The molecule has 0 saturated heterocycles. The zero-order valence-corrected chi connectivity index (χ0v) is 13.8. The number of aromatic nitrogens is 1. The molecule has 0 saturated carbocycles. The zero-order chi connectivity index (χ0) is 17.0. The normalized spacial score (nSPS) is 11.7. The van der Waals surface area contributed by atoms with E-state index in [0.29, 0.717) is 0 Å². The molecule has 0 fully saturated rings. The van der Waals surface area contributed by atoms with Crippen molar-refractivity contribution in [2.24, 2.45) is 12.1 Å². The van der Waals surface area contributed by atoms with Crippen LogP contribution in [0.2, 0.25) is 0 Å². The first kappa shape index (κ1) is 16.7. The van der Waals surface area contributed by atoms with E-state index in [4.69, 9.17) is 0 Å². The molecule has 5 heteroatoms. The molecule has 1 amide bonds. The molecule has 0 aliphatic heterocycles. The van der Waals surface area contributed by atoms with Gasteiger partial charge in [0.1, 0.15) is 5.56 Å². The smallest absolute Gasteiger partial charge is 0.276 e. The number of hydrogen-bond donors (Lipinski definition) is 1. The van der Waals surface area contributed by atoms with E-state index in [9.17, 15) is 9.59 Å². The van der Waals surface area contributed by atoms with Crippen LogP contribution in [0.4, 0.5) is 0 Å². The number of nitrogens with one attached hydrogen (secondary N) is 1. The van der Waals surface area contributed by atoms with Crippen LogP contribution >= 0.6 is 0 Å². The second-order valence-electron chi connectivity index (χ2n) is 6.41. The Morgan fingerprint density at radius 3 is 2.43 bits per heavy atom. The van der Waals surface area contributed by atoms with Gasteiger partial charge in [-0.05, 0) is 28.7 Å². The molecule has 2 rings (SSSR count). The van der Waals surface area contributed by atoms with Gasteiger partial charge in [-0.3, -0.25) is 9.59 Å². The second kappa shape index (κ2) is 6.60. The molecule has 2 aromatic rings. The Balaban J connectivity index is 2.05. The van der Waals surface area contributed by atoms with Crippen molar-refractivity contribution in [1.82, 2.24) is 9.99 Å². The molecule has 23 heavy (non-hydrogen) atoms. The van der Waals surface area contributed by atoms with Crippen LogP contribution in [0.5, 0.6) is 0 Å². The van der Waals surface area contributed by atoms with Crippen molar-refractivity contribution in [2.75, 3.05) is 0 Å². The van der Waals surface area contributed by atoms with Crippen molar-refractivity contribution in [3.63, 3.8) is 0 Å². The largest absolute Gasteiger partial charge is 0.318 e. The molecule has 0 atom stereocenters. The maximum Gasteiger partial charge on any atom is 0.276 e. The van der Waals surface area contributed by atoms with E-state index < -0.39 is 5.91 Å². The van der Waals surface area contributed by atoms with Crippen LogP contribution in [-0.4, -0.2) is 16.7 Å². The molecular weight excluding hydrogens is 290 g/mol. The molecule has 1 heterocycles. The fourth-order valence-corrected chi connectivity index (χ4v) is 2.06. The highest BCUT2D eigenvalue weighted by Gasteiger charge is 2.12. The standard InChI is InChI=1S/C18H21N3O2/c1-18(2,3)14-9-7-13(8-10-14)12-19-20-16(22)15-6-5-11-21(4)17(15)23/h5-12H,1-4H3,(H,20,22)/b19-12-. The van der Waals surface area contributed by atoms with E-state index >= 15 is 0 Å². The molecule has 0 aliphatic carbocycles. The monoisotopic (exact) mass is 311 g/mol. The third kappa shape index (κ3) is 4.16. The SMILES string of the molecule is Cn1cccc(C(=O)N/N=C\c2ccc(C(C)(C)C)cc2)c1=O. The van der Waals surface area contributed by atoms with Gasteiger partial charge in [0.05, 0.1) is 6.21 Å². The fourth-order valence-electron chi connectivity index (χ4n) is 2.06. The summed E-state index contributed by atoms with van der Waals surface area (Å²) in [5, 5.41) is 3.91. The number of carbonyl (C=O) groups is 1. The van der Waals surface area contributed by atoms with Crippen molar-refractivity contribution >= 4 is 12.1 Å². The molecule has 5 nitrogen and oxygen atoms in total. The highest BCUT2D eigenvalue weighted by molar-refractivity contribution is 5.94. The Bertz CT molecular complexity index is 781. The average molecular weight is 311 g/mol. The molecule has 120 valence electrons. The van der Waals surface area contributed by atoms with Crippen LogP contribution in [0.3, 0.4) is 0 Å². The molecule has 0 unspecified atom stereocenters. The fraction of sp³-hybridized carbons (Fsp3) is 0.278. The molecule has 1 N–H and O–H groups in total. The van der Waals surface area contributed by atoms with E-state index in [1.165, 1.54) is 16.2 Å². The van der Waals surface area contributed by atoms with E-state index in [2.05, 4.69) is 31.3 Å². The van der Waals surface area contributed by atoms with E-state index in [-0.39, 0.29) is 16.5 Å². The van der Waals surface area contributed by atoms with Crippen LogP contribution in [0, 0.1) is 0 Å². The van der Waals surface area contributed by atoms with Crippen LogP contribution < -0.4 is 11.0 Å². The summed E-state index contributed by atoms with van der Waals surface area (Å²) in [5.74, 6) is -0.520. The number of hydrazone groups is 1. The Hall–Kier alpha value is -2.69. The molecule has 0 radical (unpaired) electrons. The molecule has 1 aromatic heterocycles. The quantitative estimate of drug-likeness (QED) is 0.699. The van der Waals surface area contributed by atoms with Crippen LogP contribution in [0.1, 0.15) is 42.3 Å². The van der Waals surface area contributed by atoms with Crippen molar-refractivity contribution < 1.29 is 4.79 Å². The van der Waals surface area contributed by atoms with Crippen LogP contribution in [0.25, 0.3) is 0 Å². The molecule has 0 bridgehead atoms. The number of hydrogen-bond acceptors (Lipinski definition) is 3. The number of pyridine rings is 1. The van der Waals surface area contributed by atoms with E-state index in [0.717, 1.165) is 5.56 Å². The van der Waals surface area contributed by atoms with Crippen molar-refractivity contribution in [2.45, 2.75) is 26.2 Å². The Morgan fingerprint density at radius 2 is 1.83 bits per heavy atom. The summed E-state index contributed by atoms with van der Waals surface area (Å²) in [6.07, 6.45) is 3.15. The number of benzene rings is 1. The lowest BCUT2D eigenvalue weighted by atomic mass is 9.87. The van der Waals surface area contributed by atoms with Gasteiger partial charge >= 0.3 is 0 Å². The van der Waals surface area contributed by atoms with Gasteiger partial charge in [-0.1, -0.05) is 45.0 Å². The summed E-state index contributed by atoms with van der Waals surface area (Å²) >= 11 is 0. The lowest BCUT2D eigenvalue weighted by Gasteiger charge is -2.18. The van der Waals surface area contributed by atoms with Crippen molar-refractivity contribution in [1.29, 1.82) is 0 Å². The summed E-state index contributed by atoms with van der Waals surface area (Å²) in [4.78, 5) is 23.8. The Kier molecular flexibility index (Phi) is 4.79. The van der Waals surface area contributed by atoms with Gasteiger partial charge in [-0.25, -0.2) is 5.43 Å². The molecular formula is C18H21N3O2. The van der Waals surface area contributed by atoms with E-state index in [1.807, 2.05) is 24.3 Å². The van der Waals surface area contributed by atoms with Crippen molar-refractivity contribution in [3.8, 4) is 0 Å². The summed E-state index contributed by atoms with van der Waals surface area (Å²) in [6, 6.07) is 11.1. The summed E-state index contributed by atoms with van der Waals surface area (Å²) in [6.45, 7) is 6.45. The Labute approximate surface area is 135 Å².